The van der Waals surface area contributed by atoms with Crippen LogP contribution >= 0.6 is 11.3 Å². The van der Waals surface area contributed by atoms with Crippen LogP contribution in [0.15, 0.2) is 36.5 Å². The number of rotatable bonds is 1. The maximum atomic E-state index is 10.9. The lowest BCUT2D eigenvalue weighted by atomic mass is 10.1. The van der Waals surface area contributed by atoms with Gasteiger partial charge >= 0.3 is 5.97 Å². The number of aromatic nitrogens is 1. The van der Waals surface area contributed by atoms with Gasteiger partial charge in [-0.3, -0.25) is 0 Å². The molecule has 2 aromatic heterocycles. The Balaban J connectivity index is 2.44. The summed E-state index contributed by atoms with van der Waals surface area (Å²) in [4.78, 5) is 15.9. The number of carbonyl (C=O) groups is 1. The van der Waals surface area contributed by atoms with Gasteiger partial charge in [-0.15, -0.1) is 11.3 Å². The molecule has 3 rings (SSSR count). The second-order valence-electron chi connectivity index (χ2n) is 3.48. The van der Waals surface area contributed by atoms with Gasteiger partial charge in [0, 0.05) is 21.7 Å². The van der Waals surface area contributed by atoms with Crippen molar-refractivity contribution in [2.24, 2.45) is 0 Å². The number of benzene rings is 1. The first kappa shape index (κ1) is 9.30. The standard InChI is InChI=1S/C12H7NO2S/c14-12(15)7-5-9-8-3-1-2-4-10(8)16-11(9)13-6-7/h1-6H,(H,14,15). The van der Waals surface area contributed by atoms with Crippen molar-refractivity contribution in [2.45, 2.75) is 0 Å². The van der Waals surface area contributed by atoms with Gasteiger partial charge in [0.05, 0.1) is 5.56 Å². The summed E-state index contributed by atoms with van der Waals surface area (Å²) in [7, 11) is 0. The number of thiophene rings is 1. The Bertz CT molecular complexity index is 702. The predicted octanol–water partition coefficient (Wildman–Crippen LogP) is 3.15. The molecule has 78 valence electrons. The van der Waals surface area contributed by atoms with Gasteiger partial charge in [0.1, 0.15) is 4.83 Å². The summed E-state index contributed by atoms with van der Waals surface area (Å²) in [6.07, 6.45) is 1.40. The number of hydrogen-bond acceptors (Lipinski definition) is 3. The largest absolute Gasteiger partial charge is 0.478 e. The van der Waals surface area contributed by atoms with E-state index in [9.17, 15) is 4.79 Å². The molecule has 1 N–H and O–H groups in total. The summed E-state index contributed by atoms with van der Waals surface area (Å²) in [5.74, 6) is -0.940. The van der Waals surface area contributed by atoms with E-state index in [2.05, 4.69) is 4.98 Å². The van der Waals surface area contributed by atoms with Crippen LogP contribution in [-0.4, -0.2) is 16.1 Å². The highest BCUT2D eigenvalue weighted by Gasteiger charge is 2.09. The second-order valence-corrected chi connectivity index (χ2v) is 4.51. The molecule has 0 atom stereocenters. The Morgan fingerprint density at radius 1 is 1.25 bits per heavy atom. The van der Waals surface area contributed by atoms with Gasteiger partial charge in [0.2, 0.25) is 0 Å². The zero-order valence-electron chi connectivity index (χ0n) is 8.18. The maximum absolute atomic E-state index is 10.9. The van der Waals surface area contributed by atoms with Crippen molar-refractivity contribution in [2.75, 3.05) is 0 Å². The van der Waals surface area contributed by atoms with Crippen LogP contribution in [0.3, 0.4) is 0 Å². The summed E-state index contributed by atoms with van der Waals surface area (Å²) < 4.78 is 1.13. The van der Waals surface area contributed by atoms with Crippen LogP contribution < -0.4 is 0 Å². The fourth-order valence-electron chi connectivity index (χ4n) is 1.73. The fourth-order valence-corrected chi connectivity index (χ4v) is 2.75. The molecule has 1 aromatic carbocycles. The minimum absolute atomic E-state index is 0.232. The Morgan fingerprint density at radius 3 is 2.88 bits per heavy atom. The Labute approximate surface area is 95.0 Å². The van der Waals surface area contributed by atoms with E-state index in [-0.39, 0.29) is 5.56 Å². The van der Waals surface area contributed by atoms with Crippen LogP contribution in [0.1, 0.15) is 10.4 Å². The summed E-state index contributed by atoms with van der Waals surface area (Å²) in [5.41, 5.74) is 0.232. The van der Waals surface area contributed by atoms with E-state index in [4.69, 9.17) is 5.11 Å². The van der Waals surface area contributed by atoms with Gasteiger partial charge in [-0.25, -0.2) is 9.78 Å². The normalized spacial score (nSPS) is 11.0. The number of fused-ring (bicyclic) bond motifs is 3. The molecule has 3 aromatic rings. The second kappa shape index (κ2) is 3.28. The van der Waals surface area contributed by atoms with E-state index < -0.39 is 5.97 Å². The average molecular weight is 229 g/mol. The Kier molecular flexibility index (Phi) is 1.91. The molecule has 3 nitrogen and oxygen atoms in total. The van der Waals surface area contributed by atoms with Crippen LogP contribution in [0.25, 0.3) is 20.3 Å². The summed E-state index contributed by atoms with van der Waals surface area (Å²) in [6.45, 7) is 0. The third kappa shape index (κ3) is 1.27. The molecule has 4 heteroatoms. The lowest BCUT2D eigenvalue weighted by molar-refractivity contribution is 0.0696. The highest BCUT2D eigenvalue weighted by Crippen LogP contribution is 2.32. The Morgan fingerprint density at radius 2 is 2.06 bits per heavy atom. The molecule has 2 heterocycles. The number of nitrogens with zero attached hydrogens (tertiary/aromatic N) is 1. The SMILES string of the molecule is O=C(O)c1cnc2sc3ccccc3c2c1. The van der Waals surface area contributed by atoms with E-state index in [0.29, 0.717) is 0 Å². The molecule has 0 fully saturated rings. The molecule has 0 aliphatic rings. The number of hydrogen-bond donors (Lipinski definition) is 1. The molecular weight excluding hydrogens is 222 g/mol. The van der Waals surface area contributed by atoms with Crippen molar-refractivity contribution in [3.8, 4) is 0 Å². The molecule has 0 bridgehead atoms. The molecule has 0 saturated carbocycles. The highest BCUT2D eigenvalue weighted by atomic mass is 32.1. The molecule has 0 aliphatic carbocycles. The van der Waals surface area contributed by atoms with Gasteiger partial charge in [-0.2, -0.15) is 0 Å². The maximum Gasteiger partial charge on any atom is 0.337 e. The number of pyridine rings is 1. The highest BCUT2D eigenvalue weighted by molar-refractivity contribution is 7.25. The monoisotopic (exact) mass is 229 g/mol. The van der Waals surface area contributed by atoms with E-state index in [1.165, 1.54) is 6.20 Å². The van der Waals surface area contributed by atoms with E-state index >= 15 is 0 Å². The number of carboxylic acids is 1. The van der Waals surface area contributed by atoms with Gasteiger partial charge in [0.25, 0.3) is 0 Å². The zero-order chi connectivity index (χ0) is 11.1. The summed E-state index contributed by atoms with van der Waals surface area (Å²) >= 11 is 1.58. The third-order valence-corrected chi connectivity index (χ3v) is 3.58. The van der Waals surface area contributed by atoms with Gasteiger partial charge in [0.15, 0.2) is 0 Å². The summed E-state index contributed by atoms with van der Waals surface area (Å²) in [5, 5.41) is 10.9. The zero-order valence-corrected chi connectivity index (χ0v) is 8.99. The molecule has 16 heavy (non-hydrogen) atoms. The van der Waals surface area contributed by atoms with Crippen LogP contribution in [0.2, 0.25) is 0 Å². The van der Waals surface area contributed by atoms with Crippen molar-refractivity contribution >= 4 is 37.6 Å². The summed E-state index contributed by atoms with van der Waals surface area (Å²) in [6, 6.07) is 9.60. The molecule has 0 radical (unpaired) electrons. The predicted molar refractivity (Wildman–Crippen MR) is 64.1 cm³/mol. The van der Waals surface area contributed by atoms with E-state index in [1.807, 2.05) is 24.3 Å². The average Bonchev–Trinajstić information content (AvgIpc) is 2.66. The first-order valence-electron chi connectivity index (χ1n) is 4.76. The lowest BCUT2D eigenvalue weighted by Crippen LogP contribution is -1.95. The smallest absolute Gasteiger partial charge is 0.337 e. The quantitative estimate of drug-likeness (QED) is 0.697. The topological polar surface area (TPSA) is 50.2 Å². The van der Waals surface area contributed by atoms with Gasteiger partial charge in [-0.05, 0) is 12.1 Å². The van der Waals surface area contributed by atoms with Crippen molar-refractivity contribution in [1.29, 1.82) is 0 Å². The van der Waals surface area contributed by atoms with E-state index in [0.717, 1.165) is 20.3 Å². The van der Waals surface area contributed by atoms with Gasteiger partial charge in [-0.1, -0.05) is 18.2 Å². The van der Waals surface area contributed by atoms with E-state index in [1.54, 1.807) is 17.4 Å². The molecular formula is C12H7NO2S. The first-order chi connectivity index (χ1) is 7.75. The minimum atomic E-state index is -0.940. The van der Waals surface area contributed by atoms with Crippen LogP contribution in [0.5, 0.6) is 0 Å². The third-order valence-electron chi connectivity index (χ3n) is 2.48. The van der Waals surface area contributed by atoms with Crippen LogP contribution in [0, 0.1) is 0 Å². The van der Waals surface area contributed by atoms with Crippen molar-refractivity contribution in [1.82, 2.24) is 4.98 Å². The van der Waals surface area contributed by atoms with Crippen LogP contribution in [-0.2, 0) is 0 Å². The lowest BCUT2D eigenvalue weighted by Gasteiger charge is -1.94. The van der Waals surface area contributed by atoms with Crippen molar-refractivity contribution < 1.29 is 9.90 Å². The first-order valence-corrected chi connectivity index (χ1v) is 5.58. The molecule has 0 saturated heterocycles. The minimum Gasteiger partial charge on any atom is -0.478 e. The molecule has 0 spiro atoms. The van der Waals surface area contributed by atoms with Crippen molar-refractivity contribution in [3.63, 3.8) is 0 Å². The van der Waals surface area contributed by atoms with Gasteiger partial charge < -0.3 is 5.11 Å². The molecule has 0 aliphatic heterocycles. The molecule has 0 amide bonds. The van der Waals surface area contributed by atoms with Crippen LogP contribution in [0.4, 0.5) is 0 Å². The number of carboxylic acid groups (broad SMARTS) is 1. The molecule has 0 unspecified atom stereocenters. The Hall–Kier alpha value is -1.94. The van der Waals surface area contributed by atoms with Crippen molar-refractivity contribution in [3.05, 3.63) is 42.1 Å². The fraction of sp³-hybridized carbons (Fsp3) is 0. The number of aromatic carboxylic acids is 1.